The van der Waals surface area contributed by atoms with Gasteiger partial charge in [-0.2, -0.15) is 0 Å². The number of rotatable bonds is 7. The Morgan fingerprint density at radius 1 is 1.22 bits per heavy atom. The smallest absolute Gasteiger partial charge is 0.192 e. The van der Waals surface area contributed by atoms with E-state index in [1.54, 1.807) is 0 Å². The minimum Gasteiger partial charge on any atom is -0.493 e. The second-order valence-corrected chi connectivity index (χ2v) is 7.15. The molecule has 27 heavy (non-hydrogen) atoms. The van der Waals surface area contributed by atoms with E-state index in [0.717, 1.165) is 29.1 Å². The van der Waals surface area contributed by atoms with Crippen LogP contribution >= 0.6 is 11.8 Å². The summed E-state index contributed by atoms with van der Waals surface area (Å²) in [7, 11) is 0. The van der Waals surface area contributed by atoms with Crippen LogP contribution in [-0.4, -0.2) is 32.9 Å². The first kappa shape index (κ1) is 17.5. The van der Waals surface area contributed by atoms with Crippen molar-refractivity contribution in [3.05, 3.63) is 72.3 Å². The van der Waals surface area contributed by atoms with Crippen LogP contribution in [0.15, 0.2) is 66.3 Å². The highest BCUT2D eigenvalue weighted by atomic mass is 32.2. The number of aromatic nitrogens is 3. The number of fused-ring (bicyclic) bond motifs is 1. The van der Waals surface area contributed by atoms with Crippen LogP contribution in [-0.2, 0) is 13.0 Å². The lowest BCUT2D eigenvalue weighted by molar-refractivity contribution is 0.102. The maximum Gasteiger partial charge on any atom is 0.192 e. The van der Waals surface area contributed by atoms with E-state index in [0.29, 0.717) is 29.6 Å². The number of ketones is 1. The predicted octanol–water partition coefficient (Wildman–Crippen LogP) is 4.04. The van der Waals surface area contributed by atoms with Crippen LogP contribution in [0.1, 0.15) is 15.9 Å². The topological polar surface area (TPSA) is 57.0 Å². The van der Waals surface area contributed by atoms with Crippen LogP contribution in [0.2, 0.25) is 0 Å². The minimum atomic E-state index is 0.0733. The summed E-state index contributed by atoms with van der Waals surface area (Å²) in [4.78, 5) is 12.6. The number of carbonyl (C=O) groups excluding carboxylic acids is 1. The Morgan fingerprint density at radius 2 is 2.07 bits per heavy atom. The molecule has 2 heterocycles. The normalized spacial score (nSPS) is 12.4. The molecule has 0 radical (unpaired) electrons. The Morgan fingerprint density at radius 3 is 2.89 bits per heavy atom. The molecule has 0 saturated carbocycles. The van der Waals surface area contributed by atoms with Crippen LogP contribution in [0.3, 0.4) is 0 Å². The zero-order valence-electron chi connectivity index (χ0n) is 14.8. The van der Waals surface area contributed by atoms with Gasteiger partial charge in [-0.25, -0.2) is 0 Å². The second-order valence-electron chi connectivity index (χ2n) is 6.20. The molecular formula is C21H19N3O2S. The summed E-state index contributed by atoms with van der Waals surface area (Å²) in [5.41, 5.74) is 2.81. The van der Waals surface area contributed by atoms with E-state index in [2.05, 4.69) is 16.8 Å². The van der Waals surface area contributed by atoms with Gasteiger partial charge in [-0.15, -0.1) is 16.8 Å². The highest BCUT2D eigenvalue weighted by molar-refractivity contribution is 7.99. The monoisotopic (exact) mass is 377 g/mol. The van der Waals surface area contributed by atoms with Gasteiger partial charge in [-0.1, -0.05) is 48.2 Å². The molecule has 0 amide bonds. The molecule has 0 saturated heterocycles. The summed E-state index contributed by atoms with van der Waals surface area (Å²) in [5, 5.41) is 9.32. The number of carbonyl (C=O) groups is 1. The maximum atomic E-state index is 12.6. The average molecular weight is 377 g/mol. The molecule has 0 atom stereocenters. The summed E-state index contributed by atoms with van der Waals surface area (Å²) in [5.74, 6) is 2.05. The number of hydrogen-bond acceptors (Lipinski definition) is 5. The second kappa shape index (κ2) is 7.80. The van der Waals surface area contributed by atoms with Crippen LogP contribution in [0.4, 0.5) is 0 Å². The largest absolute Gasteiger partial charge is 0.493 e. The van der Waals surface area contributed by atoms with E-state index in [1.165, 1.54) is 11.8 Å². The molecular weight excluding hydrogens is 358 g/mol. The van der Waals surface area contributed by atoms with Gasteiger partial charge in [0.15, 0.2) is 16.8 Å². The quantitative estimate of drug-likeness (QED) is 0.353. The lowest BCUT2D eigenvalue weighted by Crippen LogP contribution is -2.05. The lowest BCUT2D eigenvalue weighted by atomic mass is 10.1. The highest BCUT2D eigenvalue weighted by Crippen LogP contribution is 2.28. The fraction of sp³-hybridized carbons (Fsp3) is 0.190. The average Bonchev–Trinajstić information content (AvgIpc) is 3.33. The SMILES string of the molecule is C=CCn1c(SCC(=O)c2ccc3c(c2)CCO3)nnc1-c1ccccc1. The van der Waals surface area contributed by atoms with Crippen LogP contribution in [0.5, 0.6) is 5.75 Å². The Bertz CT molecular complexity index is 982. The minimum absolute atomic E-state index is 0.0733. The molecule has 3 aromatic rings. The van der Waals surface area contributed by atoms with E-state index in [9.17, 15) is 4.79 Å². The van der Waals surface area contributed by atoms with Crippen molar-refractivity contribution in [2.45, 2.75) is 18.1 Å². The van der Waals surface area contributed by atoms with Crippen molar-refractivity contribution in [3.8, 4) is 17.1 Å². The third-order valence-electron chi connectivity index (χ3n) is 4.40. The van der Waals surface area contributed by atoms with E-state index >= 15 is 0 Å². The lowest BCUT2D eigenvalue weighted by Gasteiger charge is -2.08. The van der Waals surface area contributed by atoms with Crippen molar-refractivity contribution in [2.24, 2.45) is 0 Å². The Labute approximate surface area is 162 Å². The molecule has 0 unspecified atom stereocenters. The van der Waals surface area contributed by atoms with E-state index in [1.807, 2.05) is 59.2 Å². The van der Waals surface area contributed by atoms with Gasteiger partial charge in [0.25, 0.3) is 0 Å². The first-order valence-corrected chi connectivity index (χ1v) is 9.76. The number of ether oxygens (including phenoxy) is 1. The first-order valence-electron chi connectivity index (χ1n) is 8.77. The molecule has 1 aliphatic rings. The summed E-state index contributed by atoms with van der Waals surface area (Å²) in [6.07, 6.45) is 2.67. The molecule has 0 bridgehead atoms. The van der Waals surface area contributed by atoms with Crippen molar-refractivity contribution in [1.29, 1.82) is 0 Å². The zero-order valence-corrected chi connectivity index (χ0v) is 15.6. The zero-order chi connectivity index (χ0) is 18.6. The number of benzene rings is 2. The molecule has 0 spiro atoms. The molecule has 0 fully saturated rings. The van der Waals surface area contributed by atoms with E-state index in [-0.39, 0.29) is 5.78 Å². The van der Waals surface area contributed by atoms with Gasteiger partial charge in [0.1, 0.15) is 5.75 Å². The third-order valence-corrected chi connectivity index (χ3v) is 5.37. The van der Waals surface area contributed by atoms with Crippen LogP contribution in [0, 0.1) is 0 Å². The van der Waals surface area contributed by atoms with E-state index in [4.69, 9.17) is 4.74 Å². The van der Waals surface area contributed by atoms with Crippen molar-refractivity contribution >= 4 is 17.5 Å². The van der Waals surface area contributed by atoms with Gasteiger partial charge in [0.05, 0.1) is 12.4 Å². The van der Waals surface area contributed by atoms with Gasteiger partial charge >= 0.3 is 0 Å². The van der Waals surface area contributed by atoms with Gasteiger partial charge in [0, 0.05) is 24.1 Å². The first-order chi connectivity index (χ1) is 13.3. The molecule has 0 aliphatic carbocycles. The van der Waals surface area contributed by atoms with Crippen molar-refractivity contribution < 1.29 is 9.53 Å². The number of nitrogens with zero attached hydrogens (tertiary/aromatic N) is 3. The fourth-order valence-corrected chi connectivity index (χ4v) is 3.91. The molecule has 2 aromatic carbocycles. The summed E-state index contributed by atoms with van der Waals surface area (Å²) in [6.45, 7) is 5.10. The summed E-state index contributed by atoms with van der Waals surface area (Å²) < 4.78 is 7.49. The van der Waals surface area contributed by atoms with Gasteiger partial charge < -0.3 is 4.74 Å². The van der Waals surface area contributed by atoms with Crippen LogP contribution in [0.25, 0.3) is 11.4 Å². The number of allylic oxidation sites excluding steroid dienone is 1. The molecule has 1 aromatic heterocycles. The van der Waals surface area contributed by atoms with Crippen LogP contribution < -0.4 is 4.74 Å². The standard InChI is InChI=1S/C21H19N3O2S/c1-2-11-24-20(15-6-4-3-5-7-15)22-23-21(24)27-14-18(25)16-8-9-19-17(13-16)10-12-26-19/h2-9,13H,1,10-12,14H2. The highest BCUT2D eigenvalue weighted by Gasteiger charge is 2.18. The Balaban J connectivity index is 1.52. The number of thioether (sulfide) groups is 1. The molecule has 1 aliphatic heterocycles. The molecule has 6 heteroatoms. The molecule has 5 nitrogen and oxygen atoms in total. The molecule has 0 N–H and O–H groups in total. The molecule has 4 rings (SSSR count). The van der Waals surface area contributed by atoms with Gasteiger partial charge in [-0.05, 0) is 23.8 Å². The maximum absolute atomic E-state index is 12.6. The summed E-state index contributed by atoms with van der Waals surface area (Å²) >= 11 is 1.40. The Kier molecular flexibility index (Phi) is 5.07. The van der Waals surface area contributed by atoms with Crippen molar-refractivity contribution in [1.82, 2.24) is 14.8 Å². The van der Waals surface area contributed by atoms with E-state index < -0.39 is 0 Å². The number of hydrogen-bond donors (Lipinski definition) is 0. The third kappa shape index (κ3) is 3.66. The van der Waals surface area contributed by atoms with Gasteiger partial charge in [0.2, 0.25) is 0 Å². The van der Waals surface area contributed by atoms with Gasteiger partial charge in [-0.3, -0.25) is 9.36 Å². The Hall–Kier alpha value is -2.86. The van der Waals surface area contributed by atoms with Crippen molar-refractivity contribution in [3.63, 3.8) is 0 Å². The number of Topliss-reactive ketones (excluding diaryl/α,β-unsaturated/α-hetero) is 1. The molecule has 136 valence electrons. The fourth-order valence-electron chi connectivity index (χ4n) is 3.06. The predicted molar refractivity (Wildman–Crippen MR) is 106 cm³/mol. The van der Waals surface area contributed by atoms with Crippen molar-refractivity contribution in [2.75, 3.05) is 12.4 Å². The summed E-state index contributed by atoms with van der Waals surface area (Å²) in [6, 6.07) is 15.5.